The van der Waals surface area contributed by atoms with E-state index in [1.807, 2.05) is 28.8 Å². The molecule has 0 spiro atoms. The highest BCUT2D eigenvalue weighted by molar-refractivity contribution is 7.99. The van der Waals surface area contributed by atoms with Crippen LogP contribution in [-0.2, 0) is 17.8 Å². The summed E-state index contributed by atoms with van der Waals surface area (Å²) in [5, 5.41) is 12.5. The highest BCUT2D eigenvalue weighted by Crippen LogP contribution is 2.36. The number of thioether (sulfide) groups is 1. The van der Waals surface area contributed by atoms with Crippen molar-refractivity contribution in [3.63, 3.8) is 0 Å². The zero-order valence-electron chi connectivity index (χ0n) is 18.6. The van der Waals surface area contributed by atoms with Crippen LogP contribution in [0.15, 0.2) is 54.2 Å². The molecule has 3 aromatic rings. The molecule has 8 nitrogen and oxygen atoms in total. The molecular formula is C23H25ClN4O4S. The Bertz CT molecular complexity index is 1120. The topological polar surface area (TPSA) is 87.5 Å². The average Bonchev–Trinajstić information content (AvgIpc) is 3.20. The summed E-state index contributed by atoms with van der Waals surface area (Å²) < 4.78 is 17.7. The largest absolute Gasteiger partial charge is 0.497 e. The quantitative estimate of drug-likeness (QED) is 0.315. The molecule has 0 fully saturated rings. The third kappa shape index (κ3) is 6.21. The first-order valence-corrected chi connectivity index (χ1v) is 11.4. The smallest absolute Gasteiger partial charge is 0.234 e. The number of halogens is 1. The molecule has 0 aliphatic rings. The van der Waals surface area contributed by atoms with Gasteiger partial charge in [-0.1, -0.05) is 41.6 Å². The minimum Gasteiger partial charge on any atom is -0.497 e. The van der Waals surface area contributed by atoms with E-state index in [1.165, 1.54) is 26.0 Å². The number of carbonyl (C=O) groups excluding carboxylic acids is 1. The van der Waals surface area contributed by atoms with Gasteiger partial charge in [-0.3, -0.25) is 4.79 Å². The summed E-state index contributed by atoms with van der Waals surface area (Å²) in [6.45, 7) is 4.36. The van der Waals surface area contributed by atoms with Crippen molar-refractivity contribution >= 4 is 35.0 Å². The molecule has 1 heterocycles. The third-order valence-corrected chi connectivity index (χ3v) is 5.97. The van der Waals surface area contributed by atoms with Gasteiger partial charge in [0.1, 0.15) is 23.1 Å². The second-order valence-corrected chi connectivity index (χ2v) is 8.20. The van der Waals surface area contributed by atoms with Gasteiger partial charge in [-0.15, -0.1) is 16.8 Å². The predicted octanol–water partition coefficient (Wildman–Crippen LogP) is 4.46. The second-order valence-electron chi connectivity index (χ2n) is 6.85. The van der Waals surface area contributed by atoms with E-state index in [4.69, 9.17) is 25.8 Å². The molecule has 1 N–H and O–H groups in total. The van der Waals surface area contributed by atoms with Crippen LogP contribution in [0.5, 0.6) is 17.2 Å². The number of hydrogen-bond donors (Lipinski definition) is 1. The van der Waals surface area contributed by atoms with Gasteiger partial charge in [-0.25, -0.2) is 0 Å². The molecule has 0 aliphatic heterocycles. The minimum absolute atomic E-state index is 0.131. The molecule has 1 amide bonds. The van der Waals surface area contributed by atoms with Gasteiger partial charge in [0.15, 0.2) is 5.16 Å². The average molecular weight is 489 g/mol. The number of nitrogens with zero attached hydrogens (tertiary/aromatic N) is 3. The summed E-state index contributed by atoms with van der Waals surface area (Å²) >= 11 is 7.42. The minimum atomic E-state index is -0.229. The van der Waals surface area contributed by atoms with Crippen molar-refractivity contribution in [1.29, 1.82) is 0 Å². The van der Waals surface area contributed by atoms with Crippen LogP contribution in [0.25, 0.3) is 0 Å². The fourth-order valence-corrected chi connectivity index (χ4v) is 4.07. The predicted molar refractivity (Wildman–Crippen MR) is 130 cm³/mol. The number of aromatic nitrogens is 3. The standard InChI is InChI=1S/C23H25ClN4O4S/c1-5-10-28-21(11-15-6-8-16(30-2)9-7-15)26-27-23(28)33-14-22(29)25-18-13-19(31-3)17(24)12-20(18)32-4/h5-9,12-13H,1,10-11,14H2,2-4H3,(H,25,29). The number of benzene rings is 2. The lowest BCUT2D eigenvalue weighted by molar-refractivity contribution is -0.113. The van der Waals surface area contributed by atoms with Crippen LogP contribution in [0.4, 0.5) is 5.69 Å². The number of hydrogen-bond acceptors (Lipinski definition) is 7. The van der Waals surface area contributed by atoms with Crippen LogP contribution in [-0.4, -0.2) is 47.8 Å². The van der Waals surface area contributed by atoms with E-state index in [-0.39, 0.29) is 11.7 Å². The van der Waals surface area contributed by atoms with E-state index in [1.54, 1.807) is 25.3 Å². The second kappa shape index (κ2) is 11.6. The van der Waals surface area contributed by atoms with Gasteiger partial charge in [0.25, 0.3) is 0 Å². The maximum Gasteiger partial charge on any atom is 0.234 e. The lowest BCUT2D eigenvalue weighted by Crippen LogP contribution is -2.15. The summed E-state index contributed by atoms with van der Waals surface area (Å²) in [7, 11) is 4.64. The Morgan fingerprint density at radius 2 is 1.85 bits per heavy atom. The van der Waals surface area contributed by atoms with Crippen LogP contribution in [0.3, 0.4) is 0 Å². The lowest BCUT2D eigenvalue weighted by Gasteiger charge is -2.13. The Labute approximate surface area is 201 Å². The first-order valence-electron chi connectivity index (χ1n) is 9.99. The molecule has 0 saturated carbocycles. The molecule has 0 atom stereocenters. The van der Waals surface area contributed by atoms with E-state index in [9.17, 15) is 4.79 Å². The monoisotopic (exact) mass is 488 g/mol. The first kappa shape index (κ1) is 24.5. The molecule has 33 heavy (non-hydrogen) atoms. The Hall–Kier alpha value is -3.17. The Morgan fingerprint density at radius 3 is 2.48 bits per heavy atom. The van der Waals surface area contributed by atoms with Crippen LogP contribution < -0.4 is 19.5 Å². The third-order valence-electron chi connectivity index (χ3n) is 4.71. The fraction of sp³-hybridized carbons (Fsp3) is 0.261. The van der Waals surface area contributed by atoms with Gasteiger partial charge < -0.3 is 24.1 Å². The molecule has 174 valence electrons. The number of nitrogens with one attached hydrogen (secondary N) is 1. The lowest BCUT2D eigenvalue weighted by atomic mass is 10.1. The fourth-order valence-electron chi connectivity index (χ4n) is 3.07. The summed E-state index contributed by atoms with van der Waals surface area (Å²) in [5.74, 6) is 2.36. The van der Waals surface area contributed by atoms with Crippen molar-refractivity contribution < 1.29 is 19.0 Å². The van der Waals surface area contributed by atoms with Gasteiger partial charge in [-0.2, -0.15) is 0 Å². The van der Waals surface area contributed by atoms with Gasteiger partial charge in [0.05, 0.1) is 37.8 Å². The Kier molecular flexibility index (Phi) is 8.62. The Balaban J connectivity index is 1.69. The summed E-state index contributed by atoms with van der Waals surface area (Å²) in [6, 6.07) is 11.0. The van der Waals surface area contributed by atoms with Gasteiger partial charge in [0.2, 0.25) is 5.91 Å². The SMILES string of the molecule is C=CCn1c(Cc2ccc(OC)cc2)nnc1SCC(=O)Nc1cc(OC)c(Cl)cc1OC. The van der Waals surface area contributed by atoms with E-state index in [0.29, 0.717) is 40.3 Å². The molecule has 10 heteroatoms. The number of anilines is 1. The number of rotatable bonds is 11. The van der Waals surface area contributed by atoms with E-state index >= 15 is 0 Å². The van der Waals surface area contributed by atoms with Gasteiger partial charge >= 0.3 is 0 Å². The normalized spacial score (nSPS) is 10.5. The molecule has 0 aliphatic carbocycles. The van der Waals surface area contributed by atoms with Gasteiger partial charge in [-0.05, 0) is 17.7 Å². The number of allylic oxidation sites excluding steroid dienone is 1. The van der Waals surface area contributed by atoms with Crippen molar-refractivity contribution in [3.05, 3.63) is 65.5 Å². The molecule has 0 saturated heterocycles. The van der Waals surface area contributed by atoms with Crippen LogP contribution >= 0.6 is 23.4 Å². The summed E-state index contributed by atoms with van der Waals surface area (Å²) in [4.78, 5) is 12.6. The zero-order chi connectivity index (χ0) is 23.8. The van der Waals surface area contributed by atoms with Gasteiger partial charge in [0, 0.05) is 25.1 Å². The van der Waals surface area contributed by atoms with E-state index in [2.05, 4.69) is 22.1 Å². The summed E-state index contributed by atoms with van der Waals surface area (Å²) in [6.07, 6.45) is 2.37. The molecule has 0 unspecified atom stereocenters. The number of amides is 1. The first-order chi connectivity index (χ1) is 16.0. The van der Waals surface area contributed by atoms with Crippen molar-refractivity contribution in [3.8, 4) is 17.2 Å². The number of ether oxygens (including phenoxy) is 3. The molecule has 2 aromatic carbocycles. The highest BCUT2D eigenvalue weighted by Gasteiger charge is 2.16. The van der Waals surface area contributed by atoms with E-state index < -0.39 is 0 Å². The maximum atomic E-state index is 12.6. The van der Waals surface area contributed by atoms with Crippen molar-refractivity contribution in [2.75, 3.05) is 32.4 Å². The molecular weight excluding hydrogens is 464 g/mol. The number of methoxy groups -OCH3 is 3. The molecule has 0 bridgehead atoms. The van der Waals surface area contributed by atoms with Crippen molar-refractivity contribution in [2.45, 2.75) is 18.1 Å². The highest BCUT2D eigenvalue weighted by atomic mass is 35.5. The Morgan fingerprint density at radius 1 is 1.12 bits per heavy atom. The van der Waals surface area contributed by atoms with Crippen LogP contribution in [0.2, 0.25) is 5.02 Å². The van der Waals surface area contributed by atoms with Crippen molar-refractivity contribution in [1.82, 2.24) is 14.8 Å². The molecule has 0 radical (unpaired) electrons. The summed E-state index contributed by atoms with van der Waals surface area (Å²) in [5.41, 5.74) is 1.55. The molecule has 1 aromatic heterocycles. The maximum absolute atomic E-state index is 12.6. The number of carbonyl (C=O) groups is 1. The van der Waals surface area contributed by atoms with Crippen LogP contribution in [0, 0.1) is 0 Å². The zero-order valence-corrected chi connectivity index (χ0v) is 20.2. The molecule has 3 rings (SSSR count). The van der Waals surface area contributed by atoms with E-state index in [0.717, 1.165) is 17.1 Å². The van der Waals surface area contributed by atoms with Crippen LogP contribution in [0.1, 0.15) is 11.4 Å². The van der Waals surface area contributed by atoms with Crippen molar-refractivity contribution in [2.24, 2.45) is 0 Å².